The van der Waals surface area contributed by atoms with Gasteiger partial charge in [0.1, 0.15) is 5.75 Å². The summed E-state index contributed by atoms with van der Waals surface area (Å²) >= 11 is 3.18. The van der Waals surface area contributed by atoms with Gasteiger partial charge in [0.15, 0.2) is 5.17 Å². The topological polar surface area (TPSA) is 45.1 Å². The third-order valence-corrected chi connectivity index (χ3v) is 8.04. The Bertz CT molecular complexity index is 1350. The minimum Gasteiger partial charge on any atom is -0.497 e. The summed E-state index contributed by atoms with van der Waals surface area (Å²) in [6.07, 6.45) is 4.00. The summed E-state index contributed by atoms with van der Waals surface area (Å²) in [6.45, 7) is 5.55. The van der Waals surface area contributed by atoms with Crippen molar-refractivity contribution in [1.82, 2.24) is 4.90 Å². The van der Waals surface area contributed by atoms with E-state index < -0.39 is 0 Å². The first-order valence-electron chi connectivity index (χ1n) is 11.2. The van der Waals surface area contributed by atoms with Crippen molar-refractivity contribution in [3.8, 4) is 5.75 Å². The maximum atomic E-state index is 13.1. The molecular formula is C27H25N3O2S2. The summed E-state index contributed by atoms with van der Waals surface area (Å²) in [5.74, 6) is 0.771. The van der Waals surface area contributed by atoms with Crippen LogP contribution in [-0.2, 0) is 4.79 Å². The highest BCUT2D eigenvalue weighted by Gasteiger charge is 2.32. The number of hydrogen-bond donors (Lipinski definition) is 0. The monoisotopic (exact) mass is 487 g/mol. The van der Waals surface area contributed by atoms with Crippen LogP contribution >= 0.6 is 23.5 Å². The molecule has 0 radical (unpaired) electrons. The van der Waals surface area contributed by atoms with Crippen molar-refractivity contribution < 1.29 is 9.53 Å². The number of allylic oxidation sites excluding steroid dienone is 2. The Morgan fingerprint density at radius 1 is 0.912 bits per heavy atom. The Labute approximate surface area is 208 Å². The number of carbonyl (C=O) groups is 1. The van der Waals surface area contributed by atoms with E-state index in [0.717, 1.165) is 23.0 Å². The standard InChI is InChI=1S/C27H25N3O2S2/c1-4-29-22-15-10-18-8-6-7-9-21(18)25(22)34-24(29)17-16-23-26(31)30(5-2)27(33-23)28-19-11-13-20(32-3)14-12-19/h6-17H,4-5H2,1-3H3/b23-16+,24-17-,28-27?. The van der Waals surface area contributed by atoms with Gasteiger partial charge < -0.3 is 9.64 Å². The van der Waals surface area contributed by atoms with Gasteiger partial charge >= 0.3 is 0 Å². The molecule has 1 saturated heterocycles. The second-order valence-electron chi connectivity index (χ2n) is 7.76. The van der Waals surface area contributed by atoms with Gasteiger partial charge in [-0.1, -0.05) is 42.1 Å². The van der Waals surface area contributed by atoms with Gasteiger partial charge in [-0.25, -0.2) is 4.99 Å². The van der Waals surface area contributed by atoms with Gasteiger partial charge in [-0.3, -0.25) is 9.69 Å². The van der Waals surface area contributed by atoms with Gasteiger partial charge in [0, 0.05) is 18.0 Å². The van der Waals surface area contributed by atoms with Crippen LogP contribution < -0.4 is 9.64 Å². The molecule has 0 saturated carbocycles. The van der Waals surface area contributed by atoms with E-state index in [1.54, 1.807) is 23.8 Å². The second kappa shape index (κ2) is 9.60. The number of anilines is 1. The fraction of sp³-hybridized carbons (Fsp3) is 0.185. The number of benzene rings is 3. The molecule has 0 atom stereocenters. The molecule has 5 rings (SSSR count). The second-order valence-corrected chi connectivity index (χ2v) is 9.80. The minimum atomic E-state index is -0.00868. The van der Waals surface area contributed by atoms with E-state index in [1.807, 2.05) is 37.3 Å². The number of likely N-dealkylation sites (N-methyl/N-ethyl adjacent to an activating group) is 1. The third-order valence-electron chi connectivity index (χ3n) is 5.82. The number of hydrogen-bond acceptors (Lipinski definition) is 6. The number of ether oxygens (including phenoxy) is 1. The fourth-order valence-electron chi connectivity index (χ4n) is 4.08. The predicted molar refractivity (Wildman–Crippen MR) is 144 cm³/mol. The van der Waals surface area contributed by atoms with Crippen LogP contribution in [0.1, 0.15) is 13.8 Å². The molecule has 3 aromatic rings. The van der Waals surface area contributed by atoms with E-state index in [1.165, 1.54) is 33.1 Å². The lowest BCUT2D eigenvalue weighted by Gasteiger charge is -2.17. The van der Waals surface area contributed by atoms with Crippen LogP contribution in [0.5, 0.6) is 5.75 Å². The fourth-order valence-corrected chi connectivity index (χ4v) is 6.34. The first kappa shape index (κ1) is 22.6. The smallest absolute Gasteiger partial charge is 0.266 e. The first-order chi connectivity index (χ1) is 16.6. The summed E-state index contributed by atoms with van der Waals surface area (Å²) in [7, 11) is 1.64. The molecule has 5 nitrogen and oxygen atoms in total. The number of aliphatic imine (C=N–C) groups is 1. The summed E-state index contributed by atoms with van der Waals surface area (Å²) in [6, 6.07) is 20.4. The molecule has 172 valence electrons. The zero-order valence-corrected chi connectivity index (χ0v) is 21.0. The highest BCUT2D eigenvalue weighted by atomic mass is 32.2. The lowest BCUT2D eigenvalue weighted by molar-refractivity contribution is -0.122. The number of fused-ring (bicyclic) bond motifs is 3. The number of amidine groups is 1. The van der Waals surface area contributed by atoms with Crippen molar-refractivity contribution in [2.24, 2.45) is 4.99 Å². The molecular weight excluding hydrogens is 462 g/mol. The number of carbonyl (C=O) groups excluding carboxylic acids is 1. The molecule has 0 unspecified atom stereocenters. The van der Waals surface area contributed by atoms with Crippen LogP contribution in [0, 0.1) is 0 Å². The molecule has 34 heavy (non-hydrogen) atoms. The largest absolute Gasteiger partial charge is 0.497 e. The molecule has 0 aliphatic carbocycles. The van der Waals surface area contributed by atoms with E-state index >= 15 is 0 Å². The Morgan fingerprint density at radius 3 is 2.41 bits per heavy atom. The molecule has 1 fully saturated rings. The molecule has 1 amide bonds. The predicted octanol–water partition coefficient (Wildman–Crippen LogP) is 6.79. The van der Waals surface area contributed by atoms with E-state index in [-0.39, 0.29) is 5.91 Å². The molecule has 2 aliphatic rings. The molecule has 3 aromatic carbocycles. The lowest BCUT2D eigenvalue weighted by Crippen LogP contribution is -2.28. The molecule has 2 aliphatic heterocycles. The van der Waals surface area contributed by atoms with Gasteiger partial charge in [0.25, 0.3) is 5.91 Å². The Hall–Kier alpha value is -3.16. The number of amides is 1. The van der Waals surface area contributed by atoms with Gasteiger partial charge in [-0.05, 0) is 78.9 Å². The van der Waals surface area contributed by atoms with Crippen molar-refractivity contribution in [1.29, 1.82) is 0 Å². The van der Waals surface area contributed by atoms with E-state index in [9.17, 15) is 4.79 Å². The third kappa shape index (κ3) is 4.10. The van der Waals surface area contributed by atoms with E-state index in [4.69, 9.17) is 9.73 Å². The minimum absolute atomic E-state index is 0.00868. The quantitative estimate of drug-likeness (QED) is 0.371. The Kier molecular flexibility index (Phi) is 6.39. The maximum absolute atomic E-state index is 13.1. The van der Waals surface area contributed by atoms with Crippen molar-refractivity contribution in [2.45, 2.75) is 18.7 Å². The SMILES string of the molecule is CCN1C(=O)/C(=C\C=C2/Sc3c(ccc4ccccc34)N2CC)SC1=Nc1ccc(OC)cc1. The molecule has 2 heterocycles. The molecule has 0 bridgehead atoms. The number of rotatable bonds is 5. The van der Waals surface area contributed by atoms with Gasteiger partial charge in [-0.2, -0.15) is 0 Å². The molecule has 0 aromatic heterocycles. The number of methoxy groups -OCH3 is 1. The zero-order chi connectivity index (χ0) is 23.7. The molecule has 0 N–H and O–H groups in total. The zero-order valence-electron chi connectivity index (χ0n) is 19.3. The van der Waals surface area contributed by atoms with Crippen LogP contribution in [-0.4, -0.2) is 36.2 Å². The van der Waals surface area contributed by atoms with E-state index in [2.05, 4.69) is 54.3 Å². The first-order valence-corrected chi connectivity index (χ1v) is 12.9. The maximum Gasteiger partial charge on any atom is 0.266 e. The van der Waals surface area contributed by atoms with Gasteiger partial charge in [-0.15, -0.1) is 0 Å². The highest BCUT2D eigenvalue weighted by molar-refractivity contribution is 8.18. The normalized spacial score (nSPS) is 19.1. The summed E-state index contributed by atoms with van der Waals surface area (Å²) in [5, 5.41) is 4.32. The lowest BCUT2D eigenvalue weighted by atomic mass is 10.1. The average Bonchev–Trinajstić information content (AvgIpc) is 3.39. The average molecular weight is 488 g/mol. The van der Waals surface area contributed by atoms with Crippen LogP contribution in [0.15, 0.2) is 92.6 Å². The van der Waals surface area contributed by atoms with Crippen LogP contribution in [0.4, 0.5) is 11.4 Å². The van der Waals surface area contributed by atoms with Crippen molar-refractivity contribution in [2.75, 3.05) is 25.1 Å². The van der Waals surface area contributed by atoms with E-state index in [0.29, 0.717) is 16.6 Å². The Morgan fingerprint density at radius 2 is 1.68 bits per heavy atom. The molecule has 7 heteroatoms. The summed E-state index contributed by atoms with van der Waals surface area (Å²) in [4.78, 5) is 23.8. The Balaban J connectivity index is 1.44. The van der Waals surface area contributed by atoms with Gasteiger partial charge in [0.05, 0.1) is 28.4 Å². The van der Waals surface area contributed by atoms with Crippen LogP contribution in [0.2, 0.25) is 0 Å². The van der Waals surface area contributed by atoms with Gasteiger partial charge in [0.2, 0.25) is 0 Å². The summed E-state index contributed by atoms with van der Waals surface area (Å²) < 4.78 is 5.22. The van der Waals surface area contributed by atoms with Crippen molar-refractivity contribution in [3.05, 3.63) is 82.7 Å². The van der Waals surface area contributed by atoms with Crippen molar-refractivity contribution >= 4 is 56.7 Å². The number of nitrogens with zero attached hydrogens (tertiary/aromatic N) is 3. The van der Waals surface area contributed by atoms with Crippen LogP contribution in [0.25, 0.3) is 10.8 Å². The number of thioether (sulfide) groups is 2. The summed E-state index contributed by atoms with van der Waals surface area (Å²) in [5.41, 5.74) is 2.01. The van der Waals surface area contributed by atoms with Crippen molar-refractivity contribution in [3.63, 3.8) is 0 Å². The highest BCUT2D eigenvalue weighted by Crippen LogP contribution is 2.49. The molecule has 0 spiro atoms. The van der Waals surface area contributed by atoms with Crippen LogP contribution in [0.3, 0.4) is 0 Å².